The van der Waals surface area contributed by atoms with Crippen molar-refractivity contribution in [3.63, 3.8) is 0 Å². The van der Waals surface area contributed by atoms with Crippen molar-refractivity contribution >= 4 is 22.6 Å². The molecule has 3 aromatic rings. The van der Waals surface area contributed by atoms with E-state index in [1.54, 1.807) is 18.2 Å². The summed E-state index contributed by atoms with van der Waals surface area (Å²) in [5, 5.41) is 0. The molecule has 0 aliphatic heterocycles. The zero-order valence-electron chi connectivity index (χ0n) is 10.9. The van der Waals surface area contributed by atoms with E-state index in [-0.39, 0.29) is 11.6 Å². The van der Waals surface area contributed by atoms with Crippen LogP contribution in [0.25, 0.3) is 22.5 Å². The Bertz CT molecular complexity index is 802. The van der Waals surface area contributed by atoms with E-state index < -0.39 is 0 Å². The summed E-state index contributed by atoms with van der Waals surface area (Å²) in [5.41, 5.74) is 2.76. The van der Waals surface area contributed by atoms with Crippen LogP contribution < -0.4 is 0 Å². The van der Waals surface area contributed by atoms with E-state index in [0.717, 1.165) is 3.57 Å². The molecular formula is C17H10F2IN. The van der Waals surface area contributed by atoms with Crippen LogP contribution in [-0.4, -0.2) is 4.98 Å². The van der Waals surface area contributed by atoms with Gasteiger partial charge in [0.1, 0.15) is 11.6 Å². The number of pyridine rings is 1. The third-order valence-electron chi connectivity index (χ3n) is 3.06. The van der Waals surface area contributed by atoms with Gasteiger partial charge in [-0.1, -0.05) is 24.3 Å². The fraction of sp³-hybridized carbons (Fsp3) is 0. The summed E-state index contributed by atoms with van der Waals surface area (Å²) >= 11 is 2.16. The average molecular weight is 393 g/mol. The fourth-order valence-electron chi connectivity index (χ4n) is 2.09. The van der Waals surface area contributed by atoms with Gasteiger partial charge in [0.15, 0.2) is 0 Å². The summed E-state index contributed by atoms with van der Waals surface area (Å²) in [6.45, 7) is 0. The molecular weight excluding hydrogens is 383 g/mol. The van der Waals surface area contributed by atoms with Crippen LogP contribution in [0.15, 0.2) is 60.7 Å². The second-order valence-corrected chi connectivity index (χ2v) is 5.71. The molecule has 0 aliphatic rings. The number of aromatic nitrogens is 1. The molecule has 104 valence electrons. The predicted molar refractivity (Wildman–Crippen MR) is 87.7 cm³/mol. The zero-order valence-corrected chi connectivity index (χ0v) is 13.0. The summed E-state index contributed by atoms with van der Waals surface area (Å²) in [6.07, 6.45) is 0. The highest BCUT2D eigenvalue weighted by molar-refractivity contribution is 14.1. The lowest BCUT2D eigenvalue weighted by Gasteiger charge is -2.08. The molecule has 0 unspecified atom stereocenters. The molecule has 1 nitrogen and oxygen atoms in total. The number of hydrogen-bond donors (Lipinski definition) is 0. The Labute approximate surface area is 134 Å². The van der Waals surface area contributed by atoms with Gasteiger partial charge in [-0.3, -0.25) is 0 Å². The van der Waals surface area contributed by atoms with E-state index in [0.29, 0.717) is 22.5 Å². The first-order chi connectivity index (χ1) is 10.1. The average Bonchev–Trinajstić information content (AvgIpc) is 2.47. The summed E-state index contributed by atoms with van der Waals surface area (Å²) in [6, 6.07) is 16.3. The molecule has 4 heteroatoms. The second-order valence-electron chi connectivity index (χ2n) is 4.55. The normalized spacial score (nSPS) is 10.6. The molecule has 1 aromatic heterocycles. The van der Waals surface area contributed by atoms with Gasteiger partial charge in [-0.05, 0) is 59.0 Å². The van der Waals surface area contributed by atoms with Gasteiger partial charge in [-0.25, -0.2) is 13.8 Å². The molecule has 1 heterocycles. The Morgan fingerprint density at radius 1 is 0.762 bits per heavy atom. The van der Waals surface area contributed by atoms with Crippen LogP contribution >= 0.6 is 22.6 Å². The van der Waals surface area contributed by atoms with Gasteiger partial charge in [0.05, 0.1) is 11.4 Å². The van der Waals surface area contributed by atoms with Crippen molar-refractivity contribution in [3.05, 3.63) is 75.9 Å². The van der Waals surface area contributed by atoms with E-state index in [1.807, 2.05) is 18.2 Å². The Morgan fingerprint density at radius 2 is 1.38 bits per heavy atom. The number of benzene rings is 2. The van der Waals surface area contributed by atoms with Crippen molar-refractivity contribution in [1.82, 2.24) is 4.98 Å². The van der Waals surface area contributed by atoms with Crippen molar-refractivity contribution < 1.29 is 8.78 Å². The molecule has 0 fully saturated rings. The van der Waals surface area contributed by atoms with E-state index >= 15 is 0 Å². The Morgan fingerprint density at radius 3 is 2.05 bits per heavy atom. The van der Waals surface area contributed by atoms with Gasteiger partial charge < -0.3 is 0 Å². The number of hydrogen-bond acceptors (Lipinski definition) is 1. The topological polar surface area (TPSA) is 12.9 Å². The minimum absolute atomic E-state index is 0.304. The fourth-order valence-corrected chi connectivity index (χ4v) is 2.70. The molecule has 0 N–H and O–H groups in total. The van der Waals surface area contributed by atoms with Crippen LogP contribution in [0.5, 0.6) is 0 Å². The summed E-state index contributed by atoms with van der Waals surface area (Å²) in [5.74, 6) is -0.610. The van der Waals surface area contributed by atoms with Crippen LogP contribution in [0.3, 0.4) is 0 Å². The first kappa shape index (κ1) is 14.1. The third-order valence-corrected chi connectivity index (χ3v) is 3.93. The van der Waals surface area contributed by atoms with Crippen molar-refractivity contribution in [2.45, 2.75) is 0 Å². The summed E-state index contributed by atoms with van der Waals surface area (Å²) in [4.78, 5) is 4.55. The van der Waals surface area contributed by atoms with E-state index in [1.165, 1.54) is 24.3 Å². The van der Waals surface area contributed by atoms with Crippen LogP contribution in [0.1, 0.15) is 0 Å². The highest BCUT2D eigenvalue weighted by atomic mass is 127. The van der Waals surface area contributed by atoms with Gasteiger partial charge in [0.2, 0.25) is 0 Å². The highest BCUT2D eigenvalue weighted by Gasteiger charge is 2.09. The Balaban J connectivity index is 2.12. The summed E-state index contributed by atoms with van der Waals surface area (Å²) < 4.78 is 27.6. The van der Waals surface area contributed by atoms with Crippen molar-refractivity contribution in [1.29, 1.82) is 0 Å². The van der Waals surface area contributed by atoms with Crippen LogP contribution in [-0.2, 0) is 0 Å². The molecule has 3 rings (SSSR count). The maximum Gasteiger partial charge on any atom is 0.123 e. The predicted octanol–water partition coefficient (Wildman–Crippen LogP) is 5.30. The number of halogens is 3. The Hall–Kier alpha value is -1.82. The maximum atomic E-state index is 13.4. The third kappa shape index (κ3) is 3.10. The smallest absolute Gasteiger partial charge is 0.123 e. The molecule has 21 heavy (non-hydrogen) atoms. The van der Waals surface area contributed by atoms with Crippen LogP contribution in [0, 0.1) is 15.2 Å². The lowest BCUT2D eigenvalue weighted by atomic mass is 10.1. The second kappa shape index (κ2) is 5.89. The SMILES string of the molecule is Fc1cccc(-c2ccc(I)c(-c3cccc(F)c3)n2)c1. The molecule has 0 aliphatic carbocycles. The lowest BCUT2D eigenvalue weighted by Crippen LogP contribution is -1.92. The van der Waals surface area contributed by atoms with Crippen molar-refractivity contribution in [2.75, 3.05) is 0 Å². The Kier molecular flexibility index (Phi) is 3.96. The van der Waals surface area contributed by atoms with Crippen molar-refractivity contribution in [3.8, 4) is 22.5 Å². The van der Waals surface area contributed by atoms with Crippen LogP contribution in [0.4, 0.5) is 8.78 Å². The van der Waals surface area contributed by atoms with Gasteiger partial charge in [0.25, 0.3) is 0 Å². The van der Waals surface area contributed by atoms with Gasteiger partial charge >= 0.3 is 0 Å². The van der Waals surface area contributed by atoms with Crippen LogP contribution in [0.2, 0.25) is 0 Å². The standard InChI is InChI=1S/C17H10F2IN/c18-13-5-1-3-11(9-13)16-8-7-15(20)17(21-16)12-4-2-6-14(19)10-12/h1-10H. The van der Waals surface area contributed by atoms with Crippen molar-refractivity contribution in [2.24, 2.45) is 0 Å². The van der Waals surface area contributed by atoms with E-state index in [4.69, 9.17) is 0 Å². The van der Waals surface area contributed by atoms with E-state index in [2.05, 4.69) is 27.6 Å². The highest BCUT2D eigenvalue weighted by Crippen LogP contribution is 2.27. The zero-order chi connectivity index (χ0) is 14.8. The molecule has 0 saturated carbocycles. The first-order valence-electron chi connectivity index (χ1n) is 6.32. The van der Waals surface area contributed by atoms with Gasteiger partial charge in [-0.15, -0.1) is 0 Å². The van der Waals surface area contributed by atoms with E-state index in [9.17, 15) is 8.78 Å². The lowest BCUT2D eigenvalue weighted by molar-refractivity contribution is 0.628. The molecule has 0 saturated heterocycles. The minimum Gasteiger partial charge on any atom is -0.247 e. The minimum atomic E-state index is -0.305. The monoisotopic (exact) mass is 393 g/mol. The molecule has 0 atom stereocenters. The quantitative estimate of drug-likeness (QED) is 0.539. The van der Waals surface area contributed by atoms with Gasteiger partial charge in [0, 0.05) is 14.7 Å². The molecule has 0 bridgehead atoms. The van der Waals surface area contributed by atoms with Gasteiger partial charge in [-0.2, -0.15) is 0 Å². The molecule has 2 aromatic carbocycles. The molecule has 0 amide bonds. The largest absolute Gasteiger partial charge is 0.247 e. The first-order valence-corrected chi connectivity index (χ1v) is 7.40. The summed E-state index contributed by atoms with van der Waals surface area (Å²) in [7, 11) is 0. The molecule has 0 radical (unpaired) electrons. The molecule has 0 spiro atoms. The number of rotatable bonds is 2. The maximum absolute atomic E-state index is 13.4. The number of nitrogens with zero attached hydrogens (tertiary/aromatic N) is 1.